The number of benzene rings is 2. The maximum absolute atomic E-state index is 13.1. The normalized spacial score (nSPS) is 11.6. The van der Waals surface area contributed by atoms with E-state index in [-0.39, 0.29) is 13.4 Å². The first-order chi connectivity index (χ1) is 23.4. The van der Waals surface area contributed by atoms with Crippen LogP contribution in [0.15, 0.2) is 89.7 Å². The molecule has 11 heteroatoms. The summed E-state index contributed by atoms with van der Waals surface area (Å²) in [4.78, 5) is 23.1. The molecule has 3 aromatic heterocycles. The zero-order valence-corrected chi connectivity index (χ0v) is 27.8. The Labute approximate surface area is 280 Å². The van der Waals surface area contributed by atoms with Gasteiger partial charge in [0, 0.05) is 25.3 Å². The van der Waals surface area contributed by atoms with Crippen LogP contribution < -0.4 is 4.74 Å². The van der Waals surface area contributed by atoms with Crippen LogP contribution in [-0.2, 0) is 41.3 Å². The largest absolute Gasteiger partial charge is 0.469 e. The van der Waals surface area contributed by atoms with Gasteiger partial charge in [0.2, 0.25) is 12.7 Å². The number of carbonyl (C=O) groups excluding carboxylic acids is 1. The van der Waals surface area contributed by atoms with Crippen LogP contribution in [0, 0.1) is 5.41 Å². The molecular weight excluding hydrogens is 614 g/mol. The number of aromatic nitrogens is 3. The fourth-order valence-corrected chi connectivity index (χ4v) is 4.94. The minimum Gasteiger partial charge on any atom is -0.469 e. The molecule has 254 valence electrons. The fourth-order valence-electron chi connectivity index (χ4n) is 4.94. The first kappa shape index (κ1) is 34.8. The van der Waals surface area contributed by atoms with Crippen LogP contribution in [0.25, 0.3) is 16.9 Å². The van der Waals surface area contributed by atoms with E-state index in [1.165, 1.54) is 0 Å². The number of carbonyl (C=O) groups is 1. The van der Waals surface area contributed by atoms with Crippen LogP contribution in [-0.4, -0.2) is 80.5 Å². The summed E-state index contributed by atoms with van der Waals surface area (Å²) >= 11 is 0. The van der Waals surface area contributed by atoms with E-state index in [0.717, 1.165) is 28.3 Å². The van der Waals surface area contributed by atoms with Gasteiger partial charge in [-0.15, -0.1) is 0 Å². The lowest BCUT2D eigenvalue weighted by molar-refractivity contribution is -0.164. The Hall–Kier alpha value is -4.55. The molecule has 0 aliphatic carbocycles. The zero-order valence-electron chi connectivity index (χ0n) is 27.8. The quantitative estimate of drug-likeness (QED) is 0.0580. The number of ether oxygens (including phenoxy) is 6. The van der Waals surface area contributed by atoms with E-state index < -0.39 is 11.4 Å². The second kappa shape index (κ2) is 17.6. The van der Waals surface area contributed by atoms with Gasteiger partial charge in [0.15, 0.2) is 5.65 Å². The molecular formula is C37H43N3O8. The molecule has 0 amide bonds. The third-order valence-corrected chi connectivity index (χ3v) is 7.48. The van der Waals surface area contributed by atoms with Crippen LogP contribution in [0.2, 0.25) is 0 Å². The zero-order chi connectivity index (χ0) is 33.6. The molecule has 2 aromatic carbocycles. The predicted molar refractivity (Wildman–Crippen MR) is 179 cm³/mol. The van der Waals surface area contributed by atoms with Gasteiger partial charge >= 0.3 is 5.97 Å². The number of hydrogen-bond acceptors (Lipinski definition) is 10. The molecule has 0 saturated heterocycles. The Morgan fingerprint density at radius 2 is 1.48 bits per heavy atom. The molecule has 0 unspecified atom stereocenters. The van der Waals surface area contributed by atoms with E-state index in [2.05, 4.69) is 12.1 Å². The summed E-state index contributed by atoms with van der Waals surface area (Å²) in [7, 11) is 1.63. The second-order valence-corrected chi connectivity index (χ2v) is 11.8. The summed E-state index contributed by atoms with van der Waals surface area (Å²) in [5, 5.41) is 0. The smallest absolute Gasteiger partial charge is 0.316 e. The van der Waals surface area contributed by atoms with Crippen molar-refractivity contribution >= 4 is 11.6 Å². The number of esters is 1. The average molecular weight is 658 g/mol. The highest BCUT2D eigenvalue weighted by atomic mass is 16.7. The molecule has 5 rings (SSSR count). The standard InChI is InChI=1S/C37H43N3O8/c1-37(2,26-45-22-21-44-20-19-43-18-17-42-3)36(41)48-27-47-35-32(24-30-15-10-16-46-30)39-34-31(23-28-11-6-4-7-12-28)38-33(25-40(34)35)29-13-8-5-9-14-29/h4-16,25H,17-24,26-27H2,1-3H3. The highest BCUT2D eigenvalue weighted by Crippen LogP contribution is 2.30. The van der Waals surface area contributed by atoms with Crippen molar-refractivity contribution in [2.75, 3.05) is 60.2 Å². The number of furan rings is 1. The molecule has 0 saturated carbocycles. The van der Waals surface area contributed by atoms with Crippen molar-refractivity contribution < 1.29 is 37.6 Å². The predicted octanol–water partition coefficient (Wildman–Crippen LogP) is 5.77. The Morgan fingerprint density at radius 1 is 0.792 bits per heavy atom. The van der Waals surface area contributed by atoms with E-state index in [9.17, 15) is 4.79 Å². The average Bonchev–Trinajstić information content (AvgIpc) is 3.74. The van der Waals surface area contributed by atoms with Gasteiger partial charge in [0.25, 0.3) is 0 Å². The molecule has 5 aromatic rings. The van der Waals surface area contributed by atoms with Crippen LogP contribution in [0.3, 0.4) is 0 Å². The lowest BCUT2D eigenvalue weighted by Crippen LogP contribution is -2.33. The number of hydrogen-bond donors (Lipinski definition) is 0. The molecule has 11 nitrogen and oxygen atoms in total. The van der Waals surface area contributed by atoms with Crippen LogP contribution in [0.4, 0.5) is 0 Å². The molecule has 0 fully saturated rings. The highest BCUT2D eigenvalue weighted by molar-refractivity contribution is 5.76. The Morgan fingerprint density at radius 3 is 2.17 bits per heavy atom. The van der Waals surface area contributed by atoms with Crippen molar-refractivity contribution in [3.05, 3.63) is 108 Å². The number of imidazole rings is 1. The molecule has 0 aliphatic rings. The first-order valence-corrected chi connectivity index (χ1v) is 16.0. The number of nitrogens with zero attached hydrogens (tertiary/aromatic N) is 3. The monoisotopic (exact) mass is 657 g/mol. The summed E-state index contributed by atoms with van der Waals surface area (Å²) in [6.07, 6.45) is 4.47. The van der Waals surface area contributed by atoms with Crippen LogP contribution in [0.5, 0.6) is 5.88 Å². The van der Waals surface area contributed by atoms with Crippen LogP contribution >= 0.6 is 0 Å². The molecule has 0 bridgehead atoms. The van der Waals surface area contributed by atoms with Crippen LogP contribution in [0.1, 0.15) is 36.6 Å². The molecule has 0 radical (unpaired) electrons. The molecule has 3 heterocycles. The van der Waals surface area contributed by atoms with Gasteiger partial charge in [0.1, 0.15) is 11.5 Å². The maximum Gasteiger partial charge on any atom is 0.316 e. The topological polar surface area (TPSA) is 116 Å². The van der Waals surface area contributed by atoms with Crippen molar-refractivity contribution in [3.63, 3.8) is 0 Å². The van der Waals surface area contributed by atoms with E-state index in [4.69, 9.17) is 42.8 Å². The van der Waals surface area contributed by atoms with E-state index in [0.29, 0.717) is 69.7 Å². The van der Waals surface area contributed by atoms with Crippen molar-refractivity contribution in [1.29, 1.82) is 0 Å². The molecule has 0 atom stereocenters. The summed E-state index contributed by atoms with van der Waals surface area (Å²) in [6, 6.07) is 23.8. The third kappa shape index (κ3) is 9.74. The summed E-state index contributed by atoms with van der Waals surface area (Å²) < 4.78 is 40.9. The second-order valence-electron chi connectivity index (χ2n) is 11.8. The SMILES string of the molecule is COCCOCCOCCOCC(C)(C)C(=O)OCOc1c(Cc2ccco2)nc2c(Cc3ccccc3)nc(-c3ccccc3)cn12. The molecule has 0 N–H and O–H groups in total. The van der Waals surface area contributed by atoms with Crippen molar-refractivity contribution in [1.82, 2.24) is 14.4 Å². The van der Waals surface area contributed by atoms with Gasteiger partial charge in [-0.3, -0.25) is 9.20 Å². The molecule has 0 spiro atoms. The summed E-state index contributed by atoms with van der Waals surface area (Å²) in [5.41, 5.74) is 3.99. The van der Waals surface area contributed by atoms with E-state index in [1.807, 2.05) is 71.3 Å². The molecule has 0 aliphatic heterocycles. The minimum absolute atomic E-state index is 0.161. The van der Waals surface area contributed by atoms with Gasteiger partial charge in [-0.1, -0.05) is 60.7 Å². The number of fused-ring (bicyclic) bond motifs is 1. The maximum atomic E-state index is 13.1. The summed E-state index contributed by atoms with van der Waals surface area (Å²) in [5.74, 6) is 0.718. The number of methoxy groups -OCH3 is 1. The Balaban J connectivity index is 1.28. The van der Waals surface area contributed by atoms with Gasteiger partial charge in [-0.2, -0.15) is 0 Å². The van der Waals surface area contributed by atoms with Gasteiger partial charge in [-0.05, 0) is 31.5 Å². The third-order valence-electron chi connectivity index (χ3n) is 7.48. The lowest BCUT2D eigenvalue weighted by Gasteiger charge is -2.22. The Kier molecular flexibility index (Phi) is 12.7. The summed E-state index contributed by atoms with van der Waals surface area (Å²) in [6.45, 7) is 6.12. The Bertz CT molecular complexity index is 1690. The van der Waals surface area contributed by atoms with E-state index in [1.54, 1.807) is 27.2 Å². The minimum atomic E-state index is -0.906. The molecule has 48 heavy (non-hydrogen) atoms. The fraction of sp³-hybridized carbons (Fsp3) is 0.378. The van der Waals surface area contributed by atoms with Gasteiger partial charge in [0.05, 0.1) is 75.7 Å². The van der Waals surface area contributed by atoms with Crippen molar-refractivity contribution in [2.45, 2.75) is 26.7 Å². The van der Waals surface area contributed by atoms with Gasteiger partial charge in [-0.25, -0.2) is 9.97 Å². The number of rotatable bonds is 20. The first-order valence-electron chi connectivity index (χ1n) is 16.0. The van der Waals surface area contributed by atoms with E-state index >= 15 is 0 Å². The lowest BCUT2D eigenvalue weighted by atomic mass is 9.95. The van der Waals surface area contributed by atoms with Gasteiger partial charge < -0.3 is 32.8 Å². The van der Waals surface area contributed by atoms with Crippen molar-refractivity contribution in [2.24, 2.45) is 5.41 Å². The highest BCUT2D eigenvalue weighted by Gasteiger charge is 2.30. The van der Waals surface area contributed by atoms with Crippen molar-refractivity contribution in [3.8, 4) is 17.1 Å².